The van der Waals surface area contributed by atoms with Gasteiger partial charge in [0.25, 0.3) is 0 Å². The van der Waals surface area contributed by atoms with Crippen LogP contribution in [0.5, 0.6) is 0 Å². The third-order valence-electron chi connectivity index (χ3n) is 1.63. The highest BCUT2D eigenvalue weighted by Gasteiger charge is 1.95. The summed E-state index contributed by atoms with van der Waals surface area (Å²) in [6.45, 7) is 1.06. The predicted octanol–water partition coefficient (Wildman–Crippen LogP) is 3.23. The van der Waals surface area contributed by atoms with Crippen LogP contribution < -0.4 is 5.32 Å². The van der Waals surface area contributed by atoms with Gasteiger partial charge in [0.1, 0.15) is 5.82 Å². The maximum absolute atomic E-state index is 12.7. The van der Waals surface area contributed by atoms with Gasteiger partial charge >= 0.3 is 0 Å². The lowest BCUT2D eigenvalue weighted by atomic mass is 10.2. The van der Waals surface area contributed by atoms with Crippen LogP contribution in [0.3, 0.4) is 0 Å². The molecule has 1 aromatic carbocycles. The minimum absolute atomic E-state index is 0.233. The molecule has 0 aromatic heterocycles. The highest BCUT2D eigenvalue weighted by molar-refractivity contribution is 6.36. The average molecular weight is 234 g/mol. The first kappa shape index (κ1) is 11.5. The van der Waals surface area contributed by atoms with Crippen LogP contribution in [0.1, 0.15) is 5.56 Å². The molecule has 1 rings (SSSR count). The molecule has 0 amide bonds. The van der Waals surface area contributed by atoms with E-state index in [4.69, 9.17) is 23.2 Å². The molecule has 0 aliphatic heterocycles. The van der Waals surface area contributed by atoms with Gasteiger partial charge in [-0.15, -0.1) is 0 Å². The molecule has 0 aliphatic carbocycles. The Morgan fingerprint density at radius 2 is 2.29 bits per heavy atom. The van der Waals surface area contributed by atoms with Crippen LogP contribution in [0.2, 0.25) is 0 Å². The zero-order valence-corrected chi connectivity index (χ0v) is 8.95. The third-order valence-corrected chi connectivity index (χ3v) is 2.25. The SMILES string of the molecule is Fc1cccc(CNCC(Cl)=CCl)c1. The second-order valence-corrected chi connectivity index (χ2v) is 3.49. The maximum Gasteiger partial charge on any atom is 0.123 e. The lowest BCUT2D eigenvalue weighted by molar-refractivity contribution is 0.622. The van der Waals surface area contributed by atoms with E-state index in [-0.39, 0.29) is 5.82 Å². The van der Waals surface area contributed by atoms with E-state index in [0.717, 1.165) is 5.56 Å². The Balaban J connectivity index is 2.39. The molecule has 0 spiro atoms. The third kappa shape index (κ3) is 4.09. The van der Waals surface area contributed by atoms with Crippen LogP contribution >= 0.6 is 23.2 Å². The fourth-order valence-electron chi connectivity index (χ4n) is 1.01. The number of halogens is 3. The first-order chi connectivity index (χ1) is 6.72. The van der Waals surface area contributed by atoms with Crippen molar-refractivity contribution in [3.63, 3.8) is 0 Å². The first-order valence-electron chi connectivity index (χ1n) is 4.12. The minimum Gasteiger partial charge on any atom is -0.308 e. The van der Waals surface area contributed by atoms with Gasteiger partial charge in [0.15, 0.2) is 0 Å². The maximum atomic E-state index is 12.7. The molecule has 1 N–H and O–H groups in total. The van der Waals surface area contributed by atoms with Gasteiger partial charge in [0.05, 0.1) is 0 Å². The van der Waals surface area contributed by atoms with Crippen molar-refractivity contribution in [2.75, 3.05) is 6.54 Å². The monoisotopic (exact) mass is 233 g/mol. The molecule has 0 bridgehead atoms. The number of nitrogens with one attached hydrogen (secondary N) is 1. The van der Waals surface area contributed by atoms with E-state index >= 15 is 0 Å². The molecule has 0 unspecified atom stereocenters. The van der Waals surface area contributed by atoms with Crippen LogP contribution in [-0.4, -0.2) is 6.54 Å². The normalized spacial score (nSPS) is 11.8. The van der Waals surface area contributed by atoms with Gasteiger partial charge < -0.3 is 5.32 Å². The Labute approximate surface area is 92.5 Å². The number of benzene rings is 1. The molecule has 0 saturated carbocycles. The molecule has 0 aliphatic rings. The van der Waals surface area contributed by atoms with E-state index in [1.807, 2.05) is 6.07 Å². The van der Waals surface area contributed by atoms with E-state index < -0.39 is 0 Å². The molecule has 14 heavy (non-hydrogen) atoms. The van der Waals surface area contributed by atoms with Crippen molar-refractivity contribution in [2.24, 2.45) is 0 Å². The van der Waals surface area contributed by atoms with Crippen molar-refractivity contribution < 1.29 is 4.39 Å². The zero-order valence-electron chi connectivity index (χ0n) is 7.43. The summed E-state index contributed by atoms with van der Waals surface area (Å²) in [4.78, 5) is 0. The molecule has 0 atom stereocenters. The summed E-state index contributed by atoms with van der Waals surface area (Å²) in [5.74, 6) is -0.233. The highest BCUT2D eigenvalue weighted by atomic mass is 35.5. The van der Waals surface area contributed by atoms with Gasteiger partial charge in [-0.3, -0.25) is 0 Å². The van der Waals surface area contributed by atoms with Crippen molar-refractivity contribution in [1.82, 2.24) is 5.32 Å². The largest absolute Gasteiger partial charge is 0.308 e. The quantitative estimate of drug-likeness (QED) is 0.843. The molecule has 0 fully saturated rings. The van der Waals surface area contributed by atoms with Crippen LogP contribution in [0.15, 0.2) is 34.8 Å². The molecule has 1 aromatic rings. The van der Waals surface area contributed by atoms with E-state index in [0.29, 0.717) is 18.1 Å². The van der Waals surface area contributed by atoms with Gasteiger partial charge in [-0.1, -0.05) is 35.3 Å². The van der Waals surface area contributed by atoms with Crippen molar-refractivity contribution in [2.45, 2.75) is 6.54 Å². The zero-order chi connectivity index (χ0) is 10.4. The van der Waals surface area contributed by atoms with Crippen molar-refractivity contribution in [3.05, 3.63) is 46.2 Å². The molecule has 0 radical (unpaired) electrons. The van der Waals surface area contributed by atoms with Crippen molar-refractivity contribution >= 4 is 23.2 Å². The smallest absolute Gasteiger partial charge is 0.123 e. The minimum atomic E-state index is -0.233. The fraction of sp³-hybridized carbons (Fsp3) is 0.200. The fourth-order valence-corrected chi connectivity index (χ4v) is 1.18. The lowest BCUT2D eigenvalue weighted by Gasteiger charge is -2.03. The van der Waals surface area contributed by atoms with Crippen LogP contribution in [0, 0.1) is 5.82 Å². The van der Waals surface area contributed by atoms with Gasteiger partial charge in [-0.2, -0.15) is 0 Å². The predicted molar refractivity (Wildman–Crippen MR) is 57.9 cm³/mol. The van der Waals surface area contributed by atoms with E-state index in [1.165, 1.54) is 17.7 Å². The van der Waals surface area contributed by atoms with Crippen molar-refractivity contribution in [1.29, 1.82) is 0 Å². The van der Waals surface area contributed by atoms with Crippen LogP contribution in [0.4, 0.5) is 4.39 Å². The summed E-state index contributed by atoms with van der Waals surface area (Å²) in [5.41, 5.74) is 2.18. The summed E-state index contributed by atoms with van der Waals surface area (Å²) in [6.07, 6.45) is 0. The second-order valence-electron chi connectivity index (χ2n) is 2.79. The highest BCUT2D eigenvalue weighted by Crippen LogP contribution is 2.04. The molecule has 76 valence electrons. The van der Waals surface area contributed by atoms with Gasteiger partial charge in [0.2, 0.25) is 0 Å². The summed E-state index contributed by atoms with van der Waals surface area (Å²) in [5, 5.41) is 3.56. The number of hydrogen-bond acceptors (Lipinski definition) is 1. The van der Waals surface area contributed by atoms with E-state index in [9.17, 15) is 4.39 Å². The lowest BCUT2D eigenvalue weighted by Crippen LogP contribution is -2.14. The summed E-state index contributed by atoms with van der Waals surface area (Å²) < 4.78 is 12.7. The topological polar surface area (TPSA) is 12.0 Å². The van der Waals surface area contributed by atoms with Crippen molar-refractivity contribution in [3.8, 4) is 0 Å². The summed E-state index contributed by atoms with van der Waals surface area (Å²) in [6, 6.07) is 6.40. The molecular formula is C10H10Cl2FN. The number of hydrogen-bond donors (Lipinski definition) is 1. The second kappa shape index (κ2) is 6.02. The van der Waals surface area contributed by atoms with Gasteiger partial charge in [-0.05, 0) is 17.7 Å². The standard InChI is InChI=1S/C10H10Cl2FN/c11-5-9(12)7-14-6-8-2-1-3-10(13)4-8/h1-5,14H,6-7H2. The Morgan fingerprint density at radius 3 is 2.93 bits per heavy atom. The Kier molecular flexibility index (Phi) is 4.94. The molecule has 0 saturated heterocycles. The first-order valence-corrected chi connectivity index (χ1v) is 4.93. The molecule has 0 heterocycles. The number of rotatable bonds is 4. The van der Waals surface area contributed by atoms with Crippen LogP contribution in [-0.2, 0) is 6.54 Å². The molecular weight excluding hydrogens is 224 g/mol. The average Bonchev–Trinajstić information content (AvgIpc) is 2.17. The Bertz CT molecular complexity index is 326. The molecule has 1 nitrogen and oxygen atoms in total. The summed E-state index contributed by atoms with van der Waals surface area (Å²) >= 11 is 11.0. The van der Waals surface area contributed by atoms with E-state index in [2.05, 4.69) is 5.32 Å². The summed E-state index contributed by atoms with van der Waals surface area (Å²) in [7, 11) is 0. The van der Waals surface area contributed by atoms with Crippen LogP contribution in [0.25, 0.3) is 0 Å². The van der Waals surface area contributed by atoms with E-state index in [1.54, 1.807) is 6.07 Å². The van der Waals surface area contributed by atoms with Gasteiger partial charge in [-0.25, -0.2) is 4.39 Å². The molecule has 4 heteroatoms. The van der Waals surface area contributed by atoms with Gasteiger partial charge in [0, 0.05) is 23.7 Å². The Hall–Kier alpha value is -0.570. The Morgan fingerprint density at radius 1 is 1.50 bits per heavy atom.